The van der Waals surface area contributed by atoms with Crippen molar-refractivity contribution < 1.29 is 33.4 Å². The summed E-state index contributed by atoms with van der Waals surface area (Å²) < 4.78 is 15.5. The van der Waals surface area contributed by atoms with Gasteiger partial charge in [-0.1, -0.05) is 160 Å². The van der Waals surface area contributed by atoms with Crippen LogP contribution < -0.4 is 10.6 Å². The van der Waals surface area contributed by atoms with Gasteiger partial charge in [-0.05, 0) is 43.4 Å². The Morgan fingerprint density at radius 1 is 0.774 bits per heavy atom. The van der Waals surface area contributed by atoms with Crippen molar-refractivity contribution in [3.8, 4) is 0 Å². The number of benzene rings is 2. The molecule has 53 heavy (non-hydrogen) atoms. The third-order valence-electron chi connectivity index (χ3n) is 8.42. The standard InChI is InChI=1S/C39H52Cl3N3O7S/c1-2-3-4-5-6-7-8-9-10-11-15-21-30(26-35(47)51-28-39(40,41)42)52-36(48)32(23-18-25-34(46)50-27-29-19-13-12-14-20-29)43-37(49)45-38-44-31-22-16-17-24-33(31)53-38/h12-14,16-17,19-20,22,24,30,32H,2-11,15,18,21,23,25-28H2,1H3,(H2,43,44,45,49)/t30-,32-/m0/s1. The van der Waals surface area contributed by atoms with Crippen molar-refractivity contribution in [2.24, 2.45) is 0 Å². The maximum absolute atomic E-state index is 13.7. The Labute approximate surface area is 332 Å². The summed E-state index contributed by atoms with van der Waals surface area (Å²) in [6.07, 6.45) is 12.2. The predicted molar refractivity (Wildman–Crippen MR) is 212 cm³/mol. The summed E-state index contributed by atoms with van der Waals surface area (Å²) in [5.41, 5.74) is 1.58. The fourth-order valence-electron chi connectivity index (χ4n) is 5.62. The fraction of sp³-hybridized carbons (Fsp3) is 0.564. The first-order valence-electron chi connectivity index (χ1n) is 18.6. The smallest absolute Gasteiger partial charge is 0.328 e. The molecule has 0 saturated carbocycles. The molecule has 14 heteroatoms. The molecule has 0 bridgehead atoms. The highest BCUT2D eigenvalue weighted by molar-refractivity contribution is 7.22. The first-order valence-corrected chi connectivity index (χ1v) is 20.5. The number of hydrogen-bond donors (Lipinski definition) is 2. The van der Waals surface area contributed by atoms with Gasteiger partial charge in [-0.25, -0.2) is 14.6 Å². The highest BCUT2D eigenvalue weighted by Gasteiger charge is 2.29. The molecule has 1 aromatic heterocycles. The largest absolute Gasteiger partial charge is 0.461 e. The Bertz CT molecular complexity index is 1500. The van der Waals surface area contributed by atoms with Crippen molar-refractivity contribution in [3.05, 3.63) is 60.2 Å². The molecule has 0 unspecified atom stereocenters. The maximum Gasteiger partial charge on any atom is 0.328 e. The number of thiazole rings is 1. The molecule has 0 saturated heterocycles. The average Bonchev–Trinajstić information content (AvgIpc) is 3.54. The van der Waals surface area contributed by atoms with Crippen LogP contribution in [0.25, 0.3) is 10.2 Å². The van der Waals surface area contributed by atoms with Crippen LogP contribution in [0, 0.1) is 0 Å². The Morgan fingerprint density at radius 2 is 1.42 bits per heavy atom. The quantitative estimate of drug-likeness (QED) is 0.0374. The number of nitrogens with one attached hydrogen (secondary N) is 2. The minimum atomic E-state index is -1.79. The number of fused-ring (bicyclic) bond motifs is 1. The van der Waals surface area contributed by atoms with Gasteiger partial charge in [-0.15, -0.1) is 0 Å². The zero-order valence-electron chi connectivity index (χ0n) is 30.4. The van der Waals surface area contributed by atoms with Crippen LogP contribution in [-0.2, 0) is 35.2 Å². The predicted octanol–water partition coefficient (Wildman–Crippen LogP) is 10.6. The van der Waals surface area contributed by atoms with Gasteiger partial charge in [0.1, 0.15) is 25.4 Å². The highest BCUT2D eigenvalue weighted by Crippen LogP contribution is 2.27. The molecule has 1 heterocycles. The molecular formula is C39H52Cl3N3O7S. The minimum absolute atomic E-state index is 0.0172. The number of unbranched alkanes of at least 4 members (excludes halogenated alkanes) is 10. The van der Waals surface area contributed by atoms with Crippen LogP contribution in [0.2, 0.25) is 0 Å². The molecular weight excluding hydrogens is 761 g/mol. The van der Waals surface area contributed by atoms with Crippen LogP contribution in [0.3, 0.4) is 0 Å². The number of halogens is 3. The number of alkyl halides is 3. The summed E-state index contributed by atoms with van der Waals surface area (Å²) >= 11 is 18.6. The third-order valence-corrected chi connectivity index (χ3v) is 9.70. The van der Waals surface area contributed by atoms with Crippen LogP contribution in [0.5, 0.6) is 0 Å². The number of urea groups is 1. The van der Waals surface area contributed by atoms with Crippen molar-refractivity contribution in [2.75, 3.05) is 11.9 Å². The van der Waals surface area contributed by atoms with Gasteiger partial charge >= 0.3 is 23.9 Å². The number of carbonyl (C=O) groups excluding carboxylic acids is 4. The van der Waals surface area contributed by atoms with Crippen LogP contribution in [-0.4, -0.2) is 51.5 Å². The van der Waals surface area contributed by atoms with Crippen LogP contribution >= 0.6 is 46.1 Å². The Kier molecular flexibility index (Phi) is 20.9. The van der Waals surface area contributed by atoms with Gasteiger partial charge in [0.2, 0.25) is 3.79 Å². The third kappa shape index (κ3) is 19.7. The number of para-hydroxylation sites is 1. The van der Waals surface area contributed by atoms with Crippen molar-refractivity contribution in [3.63, 3.8) is 0 Å². The maximum atomic E-state index is 13.7. The first kappa shape index (κ1) is 44.3. The molecule has 0 radical (unpaired) electrons. The molecule has 3 aromatic rings. The summed E-state index contributed by atoms with van der Waals surface area (Å²) in [5, 5.41) is 5.72. The number of anilines is 1. The SMILES string of the molecule is CCCCCCCCCCCCC[C@@H](CC(=O)OCC(Cl)(Cl)Cl)OC(=O)[C@H](CCCC(=O)OCc1ccccc1)NC(=O)Nc1nc2ccccc2s1. The van der Waals surface area contributed by atoms with E-state index in [0.717, 1.165) is 41.5 Å². The number of rotatable bonds is 25. The summed E-state index contributed by atoms with van der Waals surface area (Å²) in [6.45, 7) is 1.89. The molecule has 0 fully saturated rings. The Hall–Kier alpha value is -3.12. The molecule has 2 aromatic carbocycles. The molecule has 292 valence electrons. The van der Waals surface area contributed by atoms with E-state index in [-0.39, 0.29) is 32.3 Å². The van der Waals surface area contributed by atoms with E-state index >= 15 is 0 Å². The second-order valence-corrected chi connectivity index (χ2v) is 16.6. The lowest BCUT2D eigenvalue weighted by atomic mass is 10.0. The van der Waals surface area contributed by atoms with E-state index in [9.17, 15) is 19.2 Å². The molecule has 2 amide bonds. The summed E-state index contributed by atoms with van der Waals surface area (Å²) in [4.78, 5) is 56.4. The van der Waals surface area contributed by atoms with Crippen molar-refractivity contribution in [2.45, 2.75) is 132 Å². The molecule has 10 nitrogen and oxygen atoms in total. The van der Waals surface area contributed by atoms with Crippen molar-refractivity contribution >= 4 is 85.4 Å². The second kappa shape index (κ2) is 25.1. The molecule has 3 rings (SSSR count). The van der Waals surface area contributed by atoms with Gasteiger partial charge < -0.3 is 19.5 Å². The van der Waals surface area contributed by atoms with Gasteiger partial charge in [-0.2, -0.15) is 0 Å². The lowest BCUT2D eigenvalue weighted by molar-refractivity contribution is -0.157. The van der Waals surface area contributed by atoms with Crippen LogP contribution in [0.15, 0.2) is 54.6 Å². The van der Waals surface area contributed by atoms with E-state index in [1.165, 1.54) is 56.3 Å². The normalized spacial score (nSPS) is 12.5. The van der Waals surface area contributed by atoms with Gasteiger partial charge in [0.25, 0.3) is 0 Å². The Balaban J connectivity index is 1.59. The number of hydrogen-bond acceptors (Lipinski definition) is 9. The molecule has 2 N–H and O–H groups in total. The van der Waals surface area contributed by atoms with Gasteiger partial charge in [-0.3, -0.25) is 14.9 Å². The zero-order chi connectivity index (χ0) is 38.3. The van der Waals surface area contributed by atoms with E-state index < -0.39 is 46.5 Å². The number of esters is 3. The highest BCUT2D eigenvalue weighted by atomic mass is 35.6. The number of aromatic nitrogens is 1. The summed E-state index contributed by atoms with van der Waals surface area (Å²) in [7, 11) is 0. The average molecular weight is 813 g/mol. The summed E-state index contributed by atoms with van der Waals surface area (Å²) in [5.74, 6) is -1.87. The number of ether oxygens (including phenoxy) is 3. The monoisotopic (exact) mass is 811 g/mol. The lowest BCUT2D eigenvalue weighted by Crippen LogP contribution is -2.45. The van der Waals surface area contributed by atoms with E-state index in [2.05, 4.69) is 22.5 Å². The van der Waals surface area contributed by atoms with E-state index in [0.29, 0.717) is 11.6 Å². The zero-order valence-corrected chi connectivity index (χ0v) is 33.5. The van der Waals surface area contributed by atoms with Gasteiger partial charge in [0.15, 0.2) is 5.13 Å². The van der Waals surface area contributed by atoms with Crippen molar-refractivity contribution in [1.29, 1.82) is 0 Å². The Morgan fingerprint density at radius 3 is 2.08 bits per heavy atom. The van der Waals surface area contributed by atoms with E-state index in [1.807, 2.05) is 54.6 Å². The molecule has 0 aliphatic carbocycles. The minimum Gasteiger partial charge on any atom is -0.461 e. The van der Waals surface area contributed by atoms with Crippen LogP contribution in [0.4, 0.5) is 9.93 Å². The van der Waals surface area contributed by atoms with Gasteiger partial charge in [0.05, 0.1) is 16.6 Å². The van der Waals surface area contributed by atoms with Crippen molar-refractivity contribution in [1.82, 2.24) is 10.3 Å². The molecule has 0 aliphatic rings. The topological polar surface area (TPSA) is 133 Å². The van der Waals surface area contributed by atoms with E-state index in [4.69, 9.17) is 49.0 Å². The number of nitrogens with zero attached hydrogens (tertiary/aromatic N) is 1. The molecule has 0 spiro atoms. The van der Waals surface area contributed by atoms with Crippen LogP contribution in [0.1, 0.15) is 115 Å². The van der Waals surface area contributed by atoms with E-state index in [1.54, 1.807) is 0 Å². The van der Waals surface area contributed by atoms with Gasteiger partial charge in [0, 0.05) is 6.42 Å². The number of carbonyl (C=O) groups is 4. The summed E-state index contributed by atoms with van der Waals surface area (Å²) in [6, 6.07) is 14.9. The number of amides is 2. The molecule has 2 atom stereocenters. The second-order valence-electron chi connectivity index (χ2n) is 13.0. The molecule has 0 aliphatic heterocycles. The lowest BCUT2D eigenvalue weighted by Gasteiger charge is -2.23. The fourth-order valence-corrected chi connectivity index (χ4v) is 6.64. The first-order chi connectivity index (χ1) is 25.5.